The van der Waals surface area contributed by atoms with Gasteiger partial charge in [-0.15, -0.1) is 0 Å². The molecule has 0 spiro atoms. The number of hydrogen-bond donors (Lipinski definition) is 0. The van der Waals surface area contributed by atoms with Crippen LogP contribution in [-0.2, 0) is 4.79 Å². The van der Waals surface area contributed by atoms with Crippen molar-refractivity contribution in [3.63, 3.8) is 0 Å². The number of allylic oxidation sites excluding steroid dienone is 1. The molecule has 0 aliphatic carbocycles. The molecule has 0 saturated heterocycles. The molecule has 5 nitrogen and oxygen atoms in total. The zero-order valence-corrected chi connectivity index (χ0v) is 17.7. The summed E-state index contributed by atoms with van der Waals surface area (Å²) in [6.07, 6.45) is 1.76. The Bertz CT molecular complexity index is 1140. The number of ether oxygens (including phenoxy) is 3. The summed E-state index contributed by atoms with van der Waals surface area (Å²) in [7, 11) is 1.50. The van der Waals surface area contributed by atoms with Gasteiger partial charge in [0.25, 0.3) is 0 Å². The molecular formula is C26H23NO4. The van der Waals surface area contributed by atoms with Gasteiger partial charge in [-0.2, -0.15) is 5.26 Å². The summed E-state index contributed by atoms with van der Waals surface area (Å²) in [6, 6.07) is 22.5. The second-order valence-electron chi connectivity index (χ2n) is 6.98. The van der Waals surface area contributed by atoms with E-state index < -0.39 is 5.97 Å². The molecule has 0 atom stereocenters. The molecule has 3 aromatic rings. The van der Waals surface area contributed by atoms with Gasteiger partial charge in [0.15, 0.2) is 18.1 Å². The maximum Gasteiger partial charge on any atom is 0.349 e. The molecule has 0 heterocycles. The van der Waals surface area contributed by atoms with E-state index in [0.717, 1.165) is 22.3 Å². The van der Waals surface area contributed by atoms with E-state index in [1.807, 2.05) is 62.4 Å². The molecule has 0 aliphatic heterocycles. The van der Waals surface area contributed by atoms with Crippen LogP contribution in [0.15, 0.2) is 66.7 Å². The summed E-state index contributed by atoms with van der Waals surface area (Å²) < 4.78 is 16.4. The summed E-state index contributed by atoms with van der Waals surface area (Å²) in [5.41, 5.74) is 4.09. The maximum atomic E-state index is 12.3. The lowest BCUT2D eigenvalue weighted by atomic mass is 10.0. The number of nitrogens with zero attached hydrogens (tertiary/aromatic N) is 1. The Kier molecular flexibility index (Phi) is 7.08. The number of carbonyl (C=O) groups excluding carboxylic acids is 1. The van der Waals surface area contributed by atoms with Crippen molar-refractivity contribution < 1.29 is 19.0 Å². The number of methoxy groups -OCH3 is 1. The minimum absolute atomic E-state index is 0.221. The van der Waals surface area contributed by atoms with Crippen LogP contribution in [-0.4, -0.2) is 19.7 Å². The van der Waals surface area contributed by atoms with E-state index in [9.17, 15) is 10.1 Å². The normalized spacial score (nSPS) is 10.8. The predicted molar refractivity (Wildman–Crippen MR) is 120 cm³/mol. The zero-order valence-electron chi connectivity index (χ0n) is 17.7. The van der Waals surface area contributed by atoms with E-state index in [0.29, 0.717) is 17.1 Å². The summed E-state index contributed by atoms with van der Waals surface area (Å²) in [6.45, 7) is 3.66. The van der Waals surface area contributed by atoms with Gasteiger partial charge in [0.1, 0.15) is 5.75 Å². The summed E-state index contributed by atoms with van der Waals surface area (Å²) in [4.78, 5) is 12.3. The highest BCUT2D eigenvalue weighted by Crippen LogP contribution is 2.30. The molecule has 0 amide bonds. The molecule has 0 saturated carbocycles. The quantitative estimate of drug-likeness (QED) is 0.226. The van der Waals surface area contributed by atoms with Crippen molar-refractivity contribution in [2.45, 2.75) is 13.8 Å². The van der Waals surface area contributed by atoms with E-state index in [2.05, 4.69) is 6.07 Å². The molecule has 3 rings (SSSR count). The second kappa shape index (κ2) is 10.1. The monoisotopic (exact) mass is 413 g/mol. The molecule has 0 bridgehead atoms. The lowest BCUT2D eigenvalue weighted by Crippen LogP contribution is -2.18. The van der Waals surface area contributed by atoms with Crippen LogP contribution in [0.2, 0.25) is 0 Å². The highest BCUT2D eigenvalue weighted by Gasteiger charge is 2.13. The van der Waals surface area contributed by atoms with Crippen LogP contribution >= 0.6 is 0 Å². The van der Waals surface area contributed by atoms with Crippen LogP contribution in [0, 0.1) is 25.2 Å². The molecule has 5 heteroatoms. The van der Waals surface area contributed by atoms with Gasteiger partial charge in [0.2, 0.25) is 0 Å². The van der Waals surface area contributed by atoms with E-state index in [1.54, 1.807) is 24.3 Å². The standard InChI is InChI=1S/C26H23NO4/c1-18-9-10-19(2)24(13-18)30-17-26(28)31-23-12-11-20(15-25(23)29-3)14-22(16-27)21-7-5-4-6-8-21/h4-15H,17H2,1-3H3/b22-14-. The minimum atomic E-state index is -0.538. The van der Waals surface area contributed by atoms with Gasteiger partial charge in [-0.25, -0.2) is 4.79 Å². The van der Waals surface area contributed by atoms with Gasteiger partial charge in [0.05, 0.1) is 18.8 Å². The van der Waals surface area contributed by atoms with Gasteiger partial charge >= 0.3 is 5.97 Å². The molecule has 0 aliphatic rings. The Morgan fingerprint density at radius 2 is 1.74 bits per heavy atom. The van der Waals surface area contributed by atoms with Gasteiger partial charge in [-0.3, -0.25) is 0 Å². The van der Waals surface area contributed by atoms with Crippen LogP contribution in [0.4, 0.5) is 0 Å². The van der Waals surface area contributed by atoms with Gasteiger partial charge in [-0.1, -0.05) is 48.5 Å². The largest absolute Gasteiger partial charge is 0.493 e. The minimum Gasteiger partial charge on any atom is -0.493 e. The van der Waals surface area contributed by atoms with E-state index in [-0.39, 0.29) is 12.4 Å². The number of nitriles is 1. The first-order valence-electron chi connectivity index (χ1n) is 9.76. The van der Waals surface area contributed by atoms with Crippen LogP contribution in [0.5, 0.6) is 17.2 Å². The first-order chi connectivity index (χ1) is 15.0. The van der Waals surface area contributed by atoms with Crippen molar-refractivity contribution in [2.75, 3.05) is 13.7 Å². The SMILES string of the molecule is COc1cc(/C=C(/C#N)c2ccccc2)ccc1OC(=O)COc1cc(C)ccc1C. The zero-order chi connectivity index (χ0) is 22.2. The highest BCUT2D eigenvalue weighted by molar-refractivity contribution is 5.89. The lowest BCUT2D eigenvalue weighted by Gasteiger charge is -2.12. The number of carbonyl (C=O) groups is 1. The molecule has 0 aromatic heterocycles. The topological polar surface area (TPSA) is 68.5 Å². The average Bonchev–Trinajstić information content (AvgIpc) is 2.79. The van der Waals surface area contributed by atoms with E-state index in [1.165, 1.54) is 7.11 Å². The molecule has 0 unspecified atom stereocenters. The molecule has 0 fully saturated rings. The molecule has 0 radical (unpaired) electrons. The van der Waals surface area contributed by atoms with Gasteiger partial charge in [0, 0.05) is 0 Å². The van der Waals surface area contributed by atoms with Gasteiger partial charge < -0.3 is 14.2 Å². The van der Waals surface area contributed by atoms with E-state index in [4.69, 9.17) is 14.2 Å². The number of aryl methyl sites for hydroxylation is 2. The Balaban J connectivity index is 1.72. The van der Waals surface area contributed by atoms with Crippen LogP contribution in [0.25, 0.3) is 11.6 Å². The molecule has 0 N–H and O–H groups in total. The second-order valence-corrected chi connectivity index (χ2v) is 6.98. The van der Waals surface area contributed by atoms with Crippen molar-refractivity contribution in [2.24, 2.45) is 0 Å². The van der Waals surface area contributed by atoms with Crippen LogP contribution in [0.3, 0.4) is 0 Å². The first kappa shape index (κ1) is 21.7. The van der Waals surface area contributed by atoms with Crippen molar-refractivity contribution in [1.82, 2.24) is 0 Å². The third-order valence-electron chi connectivity index (χ3n) is 4.62. The Morgan fingerprint density at radius 3 is 2.45 bits per heavy atom. The Morgan fingerprint density at radius 1 is 0.968 bits per heavy atom. The first-order valence-corrected chi connectivity index (χ1v) is 9.76. The molecule has 3 aromatic carbocycles. The Hall–Kier alpha value is -4.04. The smallest absolute Gasteiger partial charge is 0.349 e. The number of esters is 1. The van der Waals surface area contributed by atoms with Crippen molar-refractivity contribution in [1.29, 1.82) is 5.26 Å². The summed E-state index contributed by atoms with van der Waals surface area (Å²) >= 11 is 0. The predicted octanol–water partition coefficient (Wildman–Crippen LogP) is 5.36. The van der Waals surface area contributed by atoms with Crippen LogP contribution < -0.4 is 14.2 Å². The maximum absolute atomic E-state index is 12.3. The fourth-order valence-electron chi connectivity index (χ4n) is 2.97. The number of rotatable bonds is 7. The molecule has 31 heavy (non-hydrogen) atoms. The van der Waals surface area contributed by atoms with E-state index >= 15 is 0 Å². The summed E-state index contributed by atoms with van der Waals surface area (Å²) in [5, 5.41) is 9.50. The fourth-order valence-corrected chi connectivity index (χ4v) is 2.97. The Labute approximate surface area is 182 Å². The third-order valence-corrected chi connectivity index (χ3v) is 4.62. The van der Waals surface area contributed by atoms with Crippen molar-refractivity contribution in [3.05, 3.63) is 89.0 Å². The van der Waals surface area contributed by atoms with Crippen molar-refractivity contribution >= 4 is 17.6 Å². The third kappa shape index (κ3) is 5.74. The number of hydrogen-bond acceptors (Lipinski definition) is 5. The van der Waals surface area contributed by atoms with Crippen molar-refractivity contribution in [3.8, 4) is 23.3 Å². The molecular weight excluding hydrogens is 390 g/mol. The average molecular weight is 413 g/mol. The fraction of sp³-hybridized carbons (Fsp3) is 0.154. The summed E-state index contributed by atoms with van der Waals surface area (Å²) in [5.74, 6) is 0.783. The highest BCUT2D eigenvalue weighted by atomic mass is 16.6. The van der Waals surface area contributed by atoms with Crippen LogP contribution in [0.1, 0.15) is 22.3 Å². The number of benzene rings is 3. The molecule has 156 valence electrons. The lowest BCUT2D eigenvalue weighted by molar-refractivity contribution is -0.136. The van der Waals surface area contributed by atoms with Gasteiger partial charge in [-0.05, 0) is 60.4 Å².